The molecular formula is C24H25Cl2NO2. The summed E-state index contributed by atoms with van der Waals surface area (Å²) in [6.07, 6.45) is 0.980. The summed E-state index contributed by atoms with van der Waals surface area (Å²) >= 11 is 12.6. The monoisotopic (exact) mass is 429 g/mol. The molecule has 0 radical (unpaired) electrons. The molecule has 3 aromatic carbocycles. The molecule has 0 amide bonds. The van der Waals surface area contributed by atoms with Crippen LogP contribution in [0.1, 0.15) is 23.6 Å². The molecule has 0 heterocycles. The largest absolute Gasteiger partial charge is 0.490 e. The number of nitrogens with one attached hydrogen (secondary N) is 1. The molecular weight excluding hydrogens is 405 g/mol. The van der Waals surface area contributed by atoms with E-state index in [0.29, 0.717) is 41.3 Å². The lowest BCUT2D eigenvalue weighted by molar-refractivity contribution is 0.269. The second kappa shape index (κ2) is 11.1. The molecule has 1 N–H and O–H groups in total. The van der Waals surface area contributed by atoms with Gasteiger partial charge in [-0.25, -0.2) is 0 Å². The van der Waals surface area contributed by atoms with Crippen LogP contribution in [0.3, 0.4) is 0 Å². The van der Waals surface area contributed by atoms with Crippen molar-refractivity contribution in [1.82, 2.24) is 5.32 Å². The predicted molar refractivity (Wildman–Crippen MR) is 120 cm³/mol. The van der Waals surface area contributed by atoms with Gasteiger partial charge < -0.3 is 14.8 Å². The van der Waals surface area contributed by atoms with Gasteiger partial charge in [0.25, 0.3) is 0 Å². The topological polar surface area (TPSA) is 30.5 Å². The van der Waals surface area contributed by atoms with Gasteiger partial charge in [0.15, 0.2) is 11.5 Å². The number of benzene rings is 3. The first-order chi connectivity index (χ1) is 14.2. The summed E-state index contributed by atoms with van der Waals surface area (Å²) in [5, 5.41) is 4.68. The van der Waals surface area contributed by atoms with Crippen LogP contribution in [0.2, 0.25) is 10.0 Å². The highest BCUT2D eigenvalue weighted by atomic mass is 35.5. The number of rotatable bonds is 10. The van der Waals surface area contributed by atoms with E-state index in [4.69, 9.17) is 32.7 Å². The maximum atomic E-state index is 6.52. The van der Waals surface area contributed by atoms with Crippen LogP contribution in [0.5, 0.6) is 11.5 Å². The molecule has 0 spiro atoms. The van der Waals surface area contributed by atoms with Crippen LogP contribution in [0.25, 0.3) is 0 Å². The minimum atomic E-state index is 0.370. The second-order valence-electron chi connectivity index (χ2n) is 6.67. The molecule has 0 aromatic heterocycles. The molecule has 0 atom stereocenters. The molecule has 3 rings (SSSR count). The first-order valence-corrected chi connectivity index (χ1v) is 10.5. The summed E-state index contributed by atoms with van der Waals surface area (Å²) in [5.74, 6) is 1.21. The molecule has 3 aromatic rings. The van der Waals surface area contributed by atoms with Crippen molar-refractivity contribution in [1.29, 1.82) is 0 Å². The average Bonchev–Trinajstić information content (AvgIpc) is 2.72. The summed E-state index contributed by atoms with van der Waals surface area (Å²) in [6.45, 7) is 4.45. The van der Waals surface area contributed by atoms with Crippen molar-refractivity contribution in [2.24, 2.45) is 0 Å². The van der Waals surface area contributed by atoms with E-state index >= 15 is 0 Å². The third kappa shape index (κ3) is 6.67. The number of hydrogen-bond acceptors (Lipinski definition) is 3. The summed E-state index contributed by atoms with van der Waals surface area (Å²) in [4.78, 5) is 0. The molecule has 0 fully saturated rings. The summed E-state index contributed by atoms with van der Waals surface area (Å²) < 4.78 is 11.7. The molecule has 0 saturated carbocycles. The molecule has 0 saturated heterocycles. The maximum absolute atomic E-state index is 6.52. The molecule has 5 heteroatoms. The van der Waals surface area contributed by atoms with Crippen LogP contribution < -0.4 is 14.8 Å². The number of halogens is 2. The van der Waals surface area contributed by atoms with E-state index in [1.807, 2.05) is 49.4 Å². The van der Waals surface area contributed by atoms with Crippen LogP contribution in [-0.2, 0) is 19.6 Å². The highest BCUT2D eigenvalue weighted by molar-refractivity contribution is 6.32. The third-order valence-electron chi connectivity index (χ3n) is 4.40. The Balaban J connectivity index is 1.62. The Hall–Kier alpha value is -2.20. The van der Waals surface area contributed by atoms with E-state index in [9.17, 15) is 0 Å². The SMILES string of the molecule is CCOc1cc(CNCCc2ccccc2)cc(Cl)c1OCc1cccc(Cl)c1. The smallest absolute Gasteiger partial charge is 0.180 e. The van der Waals surface area contributed by atoms with E-state index < -0.39 is 0 Å². The Morgan fingerprint density at radius 1 is 0.828 bits per heavy atom. The lowest BCUT2D eigenvalue weighted by Gasteiger charge is -2.16. The van der Waals surface area contributed by atoms with Crippen LogP contribution in [0, 0.1) is 0 Å². The standard InChI is InChI=1S/C24H25Cl2NO2/c1-2-28-23-15-20(16-27-12-11-18-7-4-3-5-8-18)14-22(26)24(23)29-17-19-9-6-10-21(25)13-19/h3-10,13-15,27H,2,11-12,16-17H2,1H3. The molecule has 0 aliphatic rings. The van der Waals surface area contributed by atoms with E-state index in [0.717, 1.165) is 24.1 Å². The fraction of sp³-hybridized carbons (Fsp3) is 0.250. The van der Waals surface area contributed by atoms with Crippen molar-refractivity contribution in [3.05, 3.63) is 93.5 Å². The molecule has 0 aliphatic heterocycles. The number of ether oxygens (including phenoxy) is 2. The van der Waals surface area contributed by atoms with Crippen molar-refractivity contribution >= 4 is 23.2 Å². The Morgan fingerprint density at radius 2 is 1.62 bits per heavy atom. The van der Waals surface area contributed by atoms with Crippen LogP contribution in [0.15, 0.2) is 66.7 Å². The summed E-state index contributed by atoms with van der Waals surface area (Å²) in [6, 6.07) is 21.9. The predicted octanol–water partition coefficient (Wildman–Crippen LogP) is 6.30. The number of hydrogen-bond donors (Lipinski definition) is 1. The molecule has 29 heavy (non-hydrogen) atoms. The van der Waals surface area contributed by atoms with Gasteiger partial charge in [0.05, 0.1) is 11.6 Å². The zero-order valence-electron chi connectivity index (χ0n) is 16.5. The summed E-state index contributed by atoms with van der Waals surface area (Å²) in [7, 11) is 0. The minimum Gasteiger partial charge on any atom is -0.490 e. The van der Waals surface area contributed by atoms with Gasteiger partial charge in [-0.3, -0.25) is 0 Å². The van der Waals surface area contributed by atoms with Crippen LogP contribution >= 0.6 is 23.2 Å². The van der Waals surface area contributed by atoms with Crippen molar-refractivity contribution in [3.8, 4) is 11.5 Å². The fourth-order valence-corrected chi connectivity index (χ4v) is 3.52. The van der Waals surface area contributed by atoms with Gasteiger partial charge in [-0.1, -0.05) is 65.7 Å². The minimum absolute atomic E-state index is 0.370. The Morgan fingerprint density at radius 3 is 2.38 bits per heavy atom. The molecule has 3 nitrogen and oxygen atoms in total. The first-order valence-electron chi connectivity index (χ1n) is 9.73. The maximum Gasteiger partial charge on any atom is 0.180 e. The molecule has 0 unspecified atom stereocenters. The van der Waals surface area contributed by atoms with Crippen LogP contribution in [-0.4, -0.2) is 13.2 Å². The highest BCUT2D eigenvalue weighted by Gasteiger charge is 2.13. The van der Waals surface area contributed by atoms with Gasteiger partial charge in [0.1, 0.15) is 6.61 Å². The lowest BCUT2D eigenvalue weighted by atomic mass is 10.1. The molecule has 0 bridgehead atoms. The highest BCUT2D eigenvalue weighted by Crippen LogP contribution is 2.37. The van der Waals surface area contributed by atoms with Gasteiger partial charge >= 0.3 is 0 Å². The van der Waals surface area contributed by atoms with Gasteiger partial charge in [-0.15, -0.1) is 0 Å². The lowest BCUT2D eigenvalue weighted by Crippen LogP contribution is -2.16. The molecule has 0 aliphatic carbocycles. The fourth-order valence-electron chi connectivity index (χ4n) is 3.02. The zero-order chi connectivity index (χ0) is 20.5. The normalized spacial score (nSPS) is 10.7. The molecule has 152 valence electrons. The zero-order valence-corrected chi connectivity index (χ0v) is 18.0. The Bertz CT molecular complexity index is 916. The van der Waals surface area contributed by atoms with Gasteiger partial charge in [0.2, 0.25) is 0 Å². The summed E-state index contributed by atoms with van der Waals surface area (Å²) in [5.41, 5.74) is 3.35. The van der Waals surface area contributed by atoms with E-state index in [1.165, 1.54) is 5.56 Å². The average molecular weight is 430 g/mol. The van der Waals surface area contributed by atoms with Gasteiger partial charge in [-0.05, 0) is 60.8 Å². The Labute approximate surface area is 182 Å². The third-order valence-corrected chi connectivity index (χ3v) is 4.92. The van der Waals surface area contributed by atoms with E-state index in [2.05, 4.69) is 29.6 Å². The van der Waals surface area contributed by atoms with E-state index in [-0.39, 0.29) is 0 Å². The van der Waals surface area contributed by atoms with Crippen molar-refractivity contribution in [2.75, 3.05) is 13.2 Å². The Kier molecular flexibility index (Phi) is 8.24. The van der Waals surface area contributed by atoms with Crippen LogP contribution in [0.4, 0.5) is 0 Å². The van der Waals surface area contributed by atoms with Crippen molar-refractivity contribution in [3.63, 3.8) is 0 Å². The van der Waals surface area contributed by atoms with Crippen molar-refractivity contribution in [2.45, 2.75) is 26.5 Å². The van der Waals surface area contributed by atoms with Gasteiger partial charge in [-0.2, -0.15) is 0 Å². The first kappa shape index (κ1) is 21.5. The van der Waals surface area contributed by atoms with Gasteiger partial charge in [0, 0.05) is 11.6 Å². The second-order valence-corrected chi connectivity index (χ2v) is 7.51. The van der Waals surface area contributed by atoms with Crippen molar-refractivity contribution < 1.29 is 9.47 Å². The quantitative estimate of drug-likeness (QED) is 0.383. The van der Waals surface area contributed by atoms with E-state index in [1.54, 1.807) is 0 Å².